The second-order valence-corrected chi connectivity index (χ2v) is 6.15. The highest BCUT2D eigenvalue weighted by atomic mass is 35.5. The maximum atomic E-state index is 12.1. The van der Waals surface area contributed by atoms with E-state index in [1.165, 1.54) is 19.3 Å². The molecule has 1 aliphatic carbocycles. The number of aromatic nitrogens is 1. The first-order valence-corrected chi connectivity index (χ1v) is 7.35. The van der Waals surface area contributed by atoms with E-state index in [9.17, 15) is 4.79 Å². The summed E-state index contributed by atoms with van der Waals surface area (Å²) in [4.78, 5) is 16.4. The lowest BCUT2D eigenvalue weighted by atomic mass is 9.70. The van der Waals surface area contributed by atoms with E-state index in [1.807, 2.05) is 6.07 Å². The summed E-state index contributed by atoms with van der Waals surface area (Å²) in [6.45, 7) is 5.05. The van der Waals surface area contributed by atoms with Crippen molar-refractivity contribution in [1.29, 1.82) is 0 Å². The number of aryl methyl sites for hydroxylation is 1. The van der Waals surface area contributed by atoms with Crippen molar-refractivity contribution >= 4 is 17.5 Å². The summed E-state index contributed by atoms with van der Waals surface area (Å²) in [6, 6.07) is 3.48. The molecule has 0 saturated heterocycles. The number of nitrogens with one attached hydrogen (secondary N) is 1. The Morgan fingerprint density at radius 3 is 2.79 bits per heavy atom. The minimum Gasteiger partial charge on any atom is -0.351 e. The van der Waals surface area contributed by atoms with Gasteiger partial charge in [0.05, 0.1) is 0 Å². The van der Waals surface area contributed by atoms with Crippen molar-refractivity contribution in [2.45, 2.75) is 46.0 Å². The standard InChI is InChI=1S/C15H21ClN2O/c1-3-5-12-8-11(9-13(16)18-12)14(19)17-10-15(2)6-4-7-15/h8-9H,3-7,10H2,1-2H3,(H,17,19). The van der Waals surface area contributed by atoms with Gasteiger partial charge in [0, 0.05) is 17.8 Å². The third-order valence-electron chi connectivity index (χ3n) is 3.85. The van der Waals surface area contributed by atoms with E-state index >= 15 is 0 Å². The monoisotopic (exact) mass is 280 g/mol. The number of carbonyl (C=O) groups excluding carboxylic acids is 1. The van der Waals surface area contributed by atoms with Crippen LogP contribution in [-0.2, 0) is 6.42 Å². The van der Waals surface area contributed by atoms with Crippen LogP contribution in [0.5, 0.6) is 0 Å². The Hall–Kier alpha value is -1.09. The minimum absolute atomic E-state index is 0.0465. The molecule has 4 heteroatoms. The van der Waals surface area contributed by atoms with Crippen molar-refractivity contribution < 1.29 is 4.79 Å². The Labute approximate surface area is 119 Å². The van der Waals surface area contributed by atoms with Gasteiger partial charge in [-0.05, 0) is 36.8 Å². The van der Waals surface area contributed by atoms with Gasteiger partial charge in [-0.25, -0.2) is 4.98 Å². The summed E-state index contributed by atoms with van der Waals surface area (Å²) in [5.74, 6) is -0.0465. The zero-order valence-corrected chi connectivity index (χ0v) is 12.4. The van der Waals surface area contributed by atoms with E-state index in [4.69, 9.17) is 11.6 Å². The van der Waals surface area contributed by atoms with E-state index in [-0.39, 0.29) is 5.91 Å². The lowest BCUT2D eigenvalue weighted by molar-refractivity contribution is 0.0890. The molecule has 0 unspecified atom stereocenters. The molecule has 1 aromatic heterocycles. The topological polar surface area (TPSA) is 42.0 Å². The van der Waals surface area contributed by atoms with E-state index in [2.05, 4.69) is 24.1 Å². The van der Waals surface area contributed by atoms with Crippen molar-refractivity contribution in [1.82, 2.24) is 10.3 Å². The third kappa shape index (κ3) is 3.69. The van der Waals surface area contributed by atoms with E-state index < -0.39 is 0 Å². The molecule has 1 N–H and O–H groups in total. The van der Waals surface area contributed by atoms with Crippen molar-refractivity contribution in [3.05, 3.63) is 28.5 Å². The molecular weight excluding hydrogens is 260 g/mol. The SMILES string of the molecule is CCCc1cc(C(=O)NCC2(C)CCC2)cc(Cl)n1. The molecule has 0 spiro atoms. The first kappa shape index (κ1) is 14.3. The fraction of sp³-hybridized carbons (Fsp3) is 0.600. The lowest BCUT2D eigenvalue weighted by Crippen LogP contribution is -2.39. The van der Waals surface area contributed by atoms with Gasteiger partial charge in [-0.2, -0.15) is 0 Å². The Balaban J connectivity index is 2.01. The van der Waals surface area contributed by atoms with Gasteiger partial charge in [-0.1, -0.05) is 38.3 Å². The normalized spacial score (nSPS) is 16.8. The largest absolute Gasteiger partial charge is 0.351 e. The molecule has 2 rings (SSSR count). The fourth-order valence-corrected chi connectivity index (χ4v) is 2.65. The van der Waals surface area contributed by atoms with Crippen LogP contribution < -0.4 is 5.32 Å². The van der Waals surface area contributed by atoms with Crippen molar-refractivity contribution in [3.8, 4) is 0 Å². The smallest absolute Gasteiger partial charge is 0.251 e. The van der Waals surface area contributed by atoms with Crippen LogP contribution in [0.2, 0.25) is 5.15 Å². The summed E-state index contributed by atoms with van der Waals surface area (Å²) in [6.07, 6.45) is 5.51. The zero-order valence-electron chi connectivity index (χ0n) is 11.6. The van der Waals surface area contributed by atoms with Crippen LogP contribution in [0.1, 0.15) is 55.6 Å². The number of rotatable bonds is 5. The van der Waals surface area contributed by atoms with Crippen LogP contribution in [0.4, 0.5) is 0 Å². The van der Waals surface area contributed by atoms with Gasteiger partial charge in [-0.15, -0.1) is 0 Å². The van der Waals surface area contributed by atoms with Crippen LogP contribution in [0.15, 0.2) is 12.1 Å². The number of amides is 1. The molecule has 0 aliphatic heterocycles. The Morgan fingerprint density at radius 1 is 1.47 bits per heavy atom. The molecule has 0 atom stereocenters. The number of carbonyl (C=O) groups is 1. The molecule has 1 aromatic rings. The minimum atomic E-state index is -0.0465. The molecule has 1 heterocycles. The predicted octanol–water partition coefficient (Wildman–Crippen LogP) is 3.61. The summed E-state index contributed by atoms with van der Waals surface area (Å²) in [7, 11) is 0. The highest BCUT2D eigenvalue weighted by Gasteiger charge is 2.31. The predicted molar refractivity (Wildman–Crippen MR) is 77.5 cm³/mol. The molecule has 104 valence electrons. The van der Waals surface area contributed by atoms with Crippen LogP contribution >= 0.6 is 11.6 Å². The van der Waals surface area contributed by atoms with Gasteiger partial charge in [-0.3, -0.25) is 4.79 Å². The Bertz CT molecular complexity index is 469. The summed E-state index contributed by atoms with van der Waals surface area (Å²) in [5, 5.41) is 3.41. The summed E-state index contributed by atoms with van der Waals surface area (Å²) < 4.78 is 0. The van der Waals surface area contributed by atoms with Gasteiger partial charge in [0.25, 0.3) is 5.91 Å². The van der Waals surface area contributed by atoms with Crippen molar-refractivity contribution in [3.63, 3.8) is 0 Å². The van der Waals surface area contributed by atoms with Gasteiger partial charge in [0.1, 0.15) is 5.15 Å². The molecule has 3 nitrogen and oxygen atoms in total. The highest BCUT2D eigenvalue weighted by Crippen LogP contribution is 2.39. The molecule has 19 heavy (non-hydrogen) atoms. The molecule has 0 aromatic carbocycles. The van der Waals surface area contributed by atoms with E-state index in [0.717, 1.165) is 25.1 Å². The fourth-order valence-electron chi connectivity index (χ4n) is 2.42. The second kappa shape index (κ2) is 5.91. The second-order valence-electron chi connectivity index (χ2n) is 5.77. The van der Waals surface area contributed by atoms with E-state index in [0.29, 0.717) is 16.1 Å². The Kier molecular flexibility index (Phi) is 4.46. The molecule has 0 radical (unpaired) electrons. The number of nitrogens with zero attached hydrogens (tertiary/aromatic N) is 1. The van der Waals surface area contributed by atoms with Crippen LogP contribution in [0, 0.1) is 5.41 Å². The average Bonchev–Trinajstić information content (AvgIpc) is 2.33. The van der Waals surface area contributed by atoms with Gasteiger partial charge in [0.2, 0.25) is 0 Å². The first-order chi connectivity index (χ1) is 9.02. The highest BCUT2D eigenvalue weighted by molar-refractivity contribution is 6.29. The lowest BCUT2D eigenvalue weighted by Gasteiger charge is -2.38. The average molecular weight is 281 g/mol. The number of pyridine rings is 1. The van der Waals surface area contributed by atoms with Gasteiger partial charge < -0.3 is 5.32 Å². The quantitative estimate of drug-likeness (QED) is 0.837. The van der Waals surface area contributed by atoms with Crippen LogP contribution in [0.25, 0.3) is 0 Å². The molecular formula is C15H21ClN2O. The molecule has 1 saturated carbocycles. The molecule has 1 amide bonds. The summed E-state index contributed by atoms with van der Waals surface area (Å²) >= 11 is 5.97. The third-order valence-corrected chi connectivity index (χ3v) is 4.05. The maximum absolute atomic E-state index is 12.1. The summed E-state index contributed by atoms with van der Waals surface area (Å²) in [5.41, 5.74) is 1.79. The van der Waals surface area contributed by atoms with Crippen LogP contribution in [-0.4, -0.2) is 17.4 Å². The van der Waals surface area contributed by atoms with Gasteiger partial charge >= 0.3 is 0 Å². The van der Waals surface area contributed by atoms with Crippen molar-refractivity contribution in [2.75, 3.05) is 6.54 Å². The number of halogens is 1. The molecule has 1 aliphatic rings. The molecule has 1 fully saturated rings. The number of hydrogen-bond donors (Lipinski definition) is 1. The van der Waals surface area contributed by atoms with Crippen LogP contribution in [0.3, 0.4) is 0 Å². The number of hydrogen-bond acceptors (Lipinski definition) is 2. The van der Waals surface area contributed by atoms with Crippen molar-refractivity contribution in [2.24, 2.45) is 5.41 Å². The first-order valence-electron chi connectivity index (χ1n) is 6.97. The van der Waals surface area contributed by atoms with E-state index in [1.54, 1.807) is 6.07 Å². The zero-order chi connectivity index (χ0) is 13.9. The van der Waals surface area contributed by atoms with Gasteiger partial charge in [0.15, 0.2) is 0 Å². The molecule has 0 bridgehead atoms. The Morgan fingerprint density at radius 2 is 2.21 bits per heavy atom. The maximum Gasteiger partial charge on any atom is 0.251 e.